The molecule has 0 N–H and O–H groups in total. The molecule has 0 aromatic heterocycles. The predicted molar refractivity (Wildman–Crippen MR) is 82.3 cm³/mol. The van der Waals surface area contributed by atoms with Crippen LogP contribution in [0.3, 0.4) is 0 Å². The second kappa shape index (κ2) is 4.26. The fourth-order valence-corrected chi connectivity index (χ4v) is 2.84. The Morgan fingerprint density at radius 1 is 1.00 bits per heavy atom. The van der Waals surface area contributed by atoms with Crippen molar-refractivity contribution < 1.29 is 9.47 Å². The average molecular weight is 273 g/mol. The van der Waals surface area contributed by atoms with E-state index in [0.717, 1.165) is 39.1 Å². The minimum absolute atomic E-state index is 0.581. The third kappa shape index (κ3) is 1.60. The summed E-state index contributed by atoms with van der Waals surface area (Å²) in [5.41, 5.74) is 2.70. The number of hydrogen-bond donors (Lipinski definition) is 0. The van der Waals surface area contributed by atoms with E-state index >= 15 is 0 Å². The Labute approximate surface area is 122 Å². The summed E-state index contributed by atoms with van der Waals surface area (Å²) < 4.78 is 11.4. The first-order valence-corrected chi connectivity index (χ1v) is 6.61. The van der Waals surface area contributed by atoms with Crippen LogP contribution in [-0.4, -0.2) is 7.11 Å². The predicted octanol–water partition coefficient (Wildman–Crippen LogP) is 5.17. The molecule has 3 aromatic carbocycles. The van der Waals surface area contributed by atoms with E-state index in [1.807, 2.05) is 36.4 Å². The molecule has 3 nitrogen and oxygen atoms in total. The van der Waals surface area contributed by atoms with Crippen LogP contribution in [0.5, 0.6) is 17.2 Å². The number of benzene rings is 3. The van der Waals surface area contributed by atoms with Gasteiger partial charge in [0, 0.05) is 16.3 Å². The summed E-state index contributed by atoms with van der Waals surface area (Å²) in [6.07, 6.45) is 0. The van der Waals surface area contributed by atoms with E-state index in [-0.39, 0.29) is 0 Å². The van der Waals surface area contributed by atoms with Crippen molar-refractivity contribution in [3.05, 3.63) is 59.9 Å². The van der Waals surface area contributed by atoms with Crippen LogP contribution in [0.4, 0.5) is 5.69 Å². The quantitative estimate of drug-likeness (QED) is 0.446. The van der Waals surface area contributed by atoms with Gasteiger partial charge in [-0.15, -0.1) is 0 Å². The number of nitrogens with zero attached hydrogens (tertiary/aromatic N) is 1. The molecule has 1 heterocycles. The molecule has 0 atom stereocenters. The van der Waals surface area contributed by atoms with Crippen molar-refractivity contribution in [1.82, 2.24) is 0 Å². The number of fused-ring (bicyclic) bond motifs is 2. The van der Waals surface area contributed by atoms with Crippen molar-refractivity contribution in [1.29, 1.82) is 0 Å². The minimum atomic E-state index is 0.581. The summed E-state index contributed by atoms with van der Waals surface area (Å²) in [7, 11) is 1.67. The second-order valence-corrected chi connectivity index (χ2v) is 4.89. The zero-order valence-corrected chi connectivity index (χ0v) is 11.4. The van der Waals surface area contributed by atoms with E-state index in [2.05, 4.69) is 10.9 Å². The lowest BCUT2D eigenvalue weighted by atomic mass is 9.94. The first-order valence-electron chi connectivity index (χ1n) is 6.61. The Morgan fingerprint density at radius 2 is 1.90 bits per heavy atom. The van der Waals surface area contributed by atoms with Crippen molar-refractivity contribution in [3.63, 3.8) is 0 Å². The van der Waals surface area contributed by atoms with Crippen LogP contribution in [0.1, 0.15) is 0 Å². The molecule has 0 aliphatic carbocycles. The maximum Gasteiger partial charge on any atom is 0.190 e. The van der Waals surface area contributed by atoms with E-state index in [1.54, 1.807) is 13.2 Å². The van der Waals surface area contributed by atoms with E-state index in [0.29, 0.717) is 5.69 Å². The lowest BCUT2D eigenvalue weighted by Gasteiger charge is -2.22. The van der Waals surface area contributed by atoms with Crippen molar-refractivity contribution in [2.75, 3.05) is 7.11 Å². The maximum atomic E-state index is 7.13. The Morgan fingerprint density at radius 3 is 2.71 bits per heavy atom. The highest BCUT2D eigenvalue weighted by Crippen LogP contribution is 2.49. The highest BCUT2D eigenvalue weighted by atomic mass is 16.5. The molecule has 100 valence electrons. The van der Waals surface area contributed by atoms with Gasteiger partial charge in [0.25, 0.3) is 0 Å². The first-order chi connectivity index (χ1) is 10.3. The summed E-state index contributed by atoms with van der Waals surface area (Å²) in [6.45, 7) is 7.13. The van der Waals surface area contributed by atoms with E-state index < -0.39 is 0 Å². The van der Waals surface area contributed by atoms with Crippen molar-refractivity contribution in [2.45, 2.75) is 0 Å². The highest BCUT2D eigenvalue weighted by molar-refractivity contribution is 6.06. The molecular formula is C18H11NO2. The van der Waals surface area contributed by atoms with Crippen LogP contribution in [0.15, 0.2) is 48.5 Å². The third-order valence-electron chi connectivity index (χ3n) is 3.79. The number of methoxy groups -OCH3 is 1. The SMILES string of the molecule is [C-]#[N+]c1ccc2c(c1)Oc1ccc(OC)c3cccc-2c13. The lowest BCUT2D eigenvalue weighted by Crippen LogP contribution is -1.97. The lowest BCUT2D eigenvalue weighted by molar-refractivity contribution is 0.418. The van der Waals surface area contributed by atoms with Crippen LogP contribution in [-0.2, 0) is 0 Å². The van der Waals surface area contributed by atoms with Crippen molar-refractivity contribution in [2.24, 2.45) is 0 Å². The van der Waals surface area contributed by atoms with Gasteiger partial charge in [-0.3, -0.25) is 0 Å². The molecule has 0 spiro atoms. The molecule has 3 heteroatoms. The Hall–Kier alpha value is -2.99. The molecule has 0 fully saturated rings. The number of ether oxygens (including phenoxy) is 2. The third-order valence-corrected chi connectivity index (χ3v) is 3.79. The van der Waals surface area contributed by atoms with Crippen LogP contribution >= 0.6 is 0 Å². The summed E-state index contributed by atoms with van der Waals surface area (Å²) in [5, 5.41) is 2.09. The zero-order valence-electron chi connectivity index (χ0n) is 11.4. The first kappa shape index (κ1) is 11.8. The van der Waals surface area contributed by atoms with Gasteiger partial charge in [0.15, 0.2) is 5.69 Å². The minimum Gasteiger partial charge on any atom is -0.496 e. The molecule has 0 unspecified atom stereocenters. The van der Waals surface area contributed by atoms with Crippen molar-refractivity contribution in [3.8, 4) is 28.4 Å². The monoisotopic (exact) mass is 273 g/mol. The van der Waals surface area contributed by atoms with Crippen molar-refractivity contribution >= 4 is 16.5 Å². The number of rotatable bonds is 1. The normalized spacial score (nSPS) is 11.4. The Bertz CT molecular complexity index is 922. The fourth-order valence-electron chi connectivity index (χ4n) is 2.84. The van der Waals surface area contributed by atoms with Crippen LogP contribution < -0.4 is 9.47 Å². The summed E-state index contributed by atoms with van der Waals surface area (Å²) in [5.74, 6) is 2.37. The van der Waals surface area contributed by atoms with Gasteiger partial charge in [-0.2, -0.15) is 0 Å². The smallest absolute Gasteiger partial charge is 0.190 e. The molecule has 0 saturated heterocycles. The molecule has 1 aliphatic heterocycles. The topological polar surface area (TPSA) is 22.8 Å². The molecule has 1 aliphatic rings. The van der Waals surface area contributed by atoms with E-state index in [1.165, 1.54) is 0 Å². The second-order valence-electron chi connectivity index (χ2n) is 4.89. The van der Waals surface area contributed by atoms with Crippen LogP contribution in [0, 0.1) is 6.57 Å². The Balaban J connectivity index is 2.10. The van der Waals surface area contributed by atoms with Gasteiger partial charge in [0.2, 0.25) is 0 Å². The summed E-state index contributed by atoms with van der Waals surface area (Å²) >= 11 is 0. The largest absolute Gasteiger partial charge is 0.496 e. The molecule has 0 saturated carbocycles. The molecule has 4 rings (SSSR count). The van der Waals surface area contributed by atoms with Gasteiger partial charge in [-0.05, 0) is 23.8 Å². The van der Waals surface area contributed by atoms with Gasteiger partial charge in [-0.1, -0.05) is 30.3 Å². The molecular weight excluding hydrogens is 262 g/mol. The van der Waals surface area contributed by atoms with Gasteiger partial charge in [-0.25, -0.2) is 4.85 Å². The van der Waals surface area contributed by atoms with Crippen LogP contribution in [0.25, 0.3) is 26.7 Å². The molecule has 0 bridgehead atoms. The zero-order chi connectivity index (χ0) is 14.4. The summed E-state index contributed by atoms with van der Waals surface area (Å²) in [4.78, 5) is 3.46. The van der Waals surface area contributed by atoms with Crippen LogP contribution in [0.2, 0.25) is 0 Å². The Kier molecular flexibility index (Phi) is 2.39. The van der Waals surface area contributed by atoms with Gasteiger partial charge >= 0.3 is 0 Å². The summed E-state index contributed by atoms with van der Waals surface area (Å²) in [6, 6.07) is 15.5. The van der Waals surface area contributed by atoms with Gasteiger partial charge in [0.1, 0.15) is 17.2 Å². The van der Waals surface area contributed by atoms with E-state index in [9.17, 15) is 0 Å². The molecule has 21 heavy (non-hydrogen) atoms. The maximum absolute atomic E-state index is 7.13. The standard InChI is InChI=1S/C18H11NO2/c1-19-11-6-7-12-13-4-3-5-14-15(20-2)8-9-16(18(13)14)21-17(12)10-11/h3-10H,2H3. The molecule has 0 radical (unpaired) electrons. The highest BCUT2D eigenvalue weighted by Gasteiger charge is 2.21. The number of hydrogen-bond acceptors (Lipinski definition) is 2. The molecule has 0 amide bonds. The van der Waals surface area contributed by atoms with Gasteiger partial charge < -0.3 is 9.47 Å². The van der Waals surface area contributed by atoms with E-state index in [4.69, 9.17) is 16.0 Å². The van der Waals surface area contributed by atoms with Gasteiger partial charge in [0.05, 0.1) is 13.7 Å². The average Bonchev–Trinajstić information content (AvgIpc) is 2.55. The fraction of sp³-hybridized carbons (Fsp3) is 0.0556. The molecule has 3 aromatic rings.